The normalized spacial score (nSPS) is 46.6. The third-order valence-corrected chi connectivity index (χ3v) is 4.54. The molecule has 13 heavy (non-hydrogen) atoms. The van der Waals surface area contributed by atoms with Gasteiger partial charge in [-0.25, -0.2) is 0 Å². The highest BCUT2D eigenvalue weighted by molar-refractivity contribution is 6.20. The van der Waals surface area contributed by atoms with Crippen LogP contribution < -0.4 is 0 Å². The van der Waals surface area contributed by atoms with Gasteiger partial charge in [0.15, 0.2) is 0 Å². The fourth-order valence-corrected chi connectivity index (χ4v) is 3.48. The smallest absolute Gasteiger partial charge is 0.0336 e. The zero-order chi connectivity index (χ0) is 9.26. The summed E-state index contributed by atoms with van der Waals surface area (Å²) in [5.41, 5.74) is 0. The molecule has 0 aliphatic heterocycles. The molecule has 2 aliphatic rings. The molecule has 2 atom stereocenters. The second-order valence-corrected chi connectivity index (χ2v) is 5.81. The molecule has 0 amide bonds. The molecule has 0 saturated heterocycles. The standard InChI is InChI=1S/C12H21Cl/c1-9-2-3-11(8-9)10-4-6-12(13)7-5-10/h9-12H,2-8H2,1H3. The second kappa shape index (κ2) is 4.21. The fourth-order valence-electron chi connectivity index (χ4n) is 3.23. The first kappa shape index (κ1) is 9.83. The molecule has 0 spiro atoms. The Balaban J connectivity index is 1.81. The van der Waals surface area contributed by atoms with E-state index >= 15 is 0 Å². The number of alkyl halides is 1. The van der Waals surface area contributed by atoms with Crippen LogP contribution in [0.4, 0.5) is 0 Å². The van der Waals surface area contributed by atoms with Crippen molar-refractivity contribution in [3.05, 3.63) is 0 Å². The lowest BCUT2D eigenvalue weighted by atomic mass is 9.79. The molecule has 2 fully saturated rings. The minimum absolute atomic E-state index is 0.495. The molecule has 2 unspecified atom stereocenters. The Hall–Kier alpha value is 0.290. The van der Waals surface area contributed by atoms with E-state index in [-0.39, 0.29) is 0 Å². The van der Waals surface area contributed by atoms with E-state index in [9.17, 15) is 0 Å². The van der Waals surface area contributed by atoms with Crippen molar-refractivity contribution in [1.29, 1.82) is 0 Å². The van der Waals surface area contributed by atoms with Crippen molar-refractivity contribution < 1.29 is 0 Å². The van der Waals surface area contributed by atoms with Crippen LogP contribution in [0.5, 0.6) is 0 Å². The maximum atomic E-state index is 6.12. The van der Waals surface area contributed by atoms with Crippen LogP contribution in [0.3, 0.4) is 0 Å². The molecule has 0 N–H and O–H groups in total. The van der Waals surface area contributed by atoms with E-state index < -0.39 is 0 Å². The average Bonchev–Trinajstić information content (AvgIpc) is 2.53. The van der Waals surface area contributed by atoms with E-state index in [1.165, 1.54) is 44.9 Å². The SMILES string of the molecule is CC1CCC(C2CCC(Cl)CC2)C1. The summed E-state index contributed by atoms with van der Waals surface area (Å²) in [6.45, 7) is 2.41. The molecule has 0 heterocycles. The molecular weight excluding hydrogens is 180 g/mol. The van der Waals surface area contributed by atoms with Crippen LogP contribution in [0, 0.1) is 17.8 Å². The highest BCUT2D eigenvalue weighted by Crippen LogP contribution is 2.42. The number of hydrogen-bond donors (Lipinski definition) is 0. The van der Waals surface area contributed by atoms with Crippen molar-refractivity contribution in [2.45, 2.75) is 57.2 Å². The van der Waals surface area contributed by atoms with E-state index in [1.54, 1.807) is 0 Å². The lowest BCUT2D eigenvalue weighted by molar-refractivity contribution is 0.250. The van der Waals surface area contributed by atoms with Crippen molar-refractivity contribution in [2.75, 3.05) is 0 Å². The summed E-state index contributed by atoms with van der Waals surface area (Å²) in [5, 5.41) is 0.495. The quantitative estimate of drug-likeness (QED) is 0.556. The van der Waals surface area contributed by atoms with Crippen molar-refractivity contribution in [1.82, 2.24) is 0 Å². The van der Waals surface area contributed by atoms with E-state index in [1.807, 2.05) is 0 Å². The summed E-state index contributed by atoms with van der Waals surface area (Å²) < 4.78 is 0. The second-order valence-electron chi connectivity index (χ2n) is 5.19. The van der Waals surface area contributed by atoms with Crippen LogP contribution in [-0.4, -0.2) is 5.38 Å². The molecule has 1 heteroatoms. The van der Waals surface area contributed by atoms with Gasteiger partial charge < -0.3 is 0 Å². The van der Waals surface area contributed by atoms with Gasteiger partial charge in [-0.05, 0) is 56.3 Å². The summed E-state index contributed by atoms with van der Waals surface area (Å²) in [6.07, 6.45) is 9.84. The van der Waals surface area contributed by atoms with Gasteiger partial charge in [-0.3, -0.25) is 0 Å². The maximum absolute atomic E-state index is 6.12. The molecule has 0 aromatic heterocycles. The number of hydrogen-bond acceptors (Lipinski definition) is 0. The summed E-state index contributed by atoms with van der Waals surface area (Å²) >= 11 is 6.12. The zero-order valence-corrected chi connectivity index (χ0v) is 9.39. The Morgan fingerprint density at radius 3 is 2.00 bits per heavy atom. The zero-order valence-electron chi connectivity index (χ0n) is 8.64. The van der Waals surface area contributed by atoms with E-state index in [2.05, 4.69) is 6.92 Å². The van der Waals surface area contributed by atoms with Gasteiger partial charge in [0.05, 0.1) is 0 Å². The summed E-state index contributed by atoms with van der Waals surface area (Å²) in [6, 6.07) is 0. The summed E-state index contributed by atoms with van der Waals surface area (Å²) in [7, 11) is 0. The molecule has 2 rings (SSSR count). The van der Waals surface area contributed by atoms with Gasteiger partial charge in [0.1, 0.15) is 0 Å². The molecule has 0 aromatic rings. The molecule has 0 aromatic carbocycles. The predicted molar refractivity (Wildman–Crippen MR) is 58.1 cm³/mol. The maximum Gasteiger partial charge on any atom is 0.0336 e. The minimum atomic E-state index is 0.495. The van der Waals surface area contributed by atoms with Gasteiger partial charge >= 0.3 is 0 Å². The van der Waals surface area contributed by atoms with Crippen LogP contribution >= 0.6 is 11.6 Å². The Kier molecular flexibility index (Phi) is 3.18. The van der Waals surface area contributed by atoms with Gasteiger partial charge in [-0.2, -0.15) is 0 Å². The molecule has 0 bridgehead atoms. The first-order valence-electron chi connectivity index (χ1n) is 5.89. The van der Waals surface area contributed by atoms with Crippen molar-refractivity contribution in [2.24, 2.45) is 17.8 Å². The van der Waals surface area contributed by atoms with Crippen LogP contribution in [0.15, 0.2) is 0 Å². The fraction of sp³-hybridized carbons (Fsp3) is 1.00. The Morgan fingerprint density at radius 1 is 0.846 bits per heavy atom. The van der Waals surface area contributed by atoms with Gasteiger partial charge in [0.25, 0.3) is 0 Å². The number of halogens is 1. The summed E-state index contributed by atoms with van der Waals surface area (Å²) in [5.74, 6) is 3.08. The monoisotopic (exact) mass is 200 g/mol. The number of rotatable bonds is 1. The summed E-state index contributed by atoms with van der Waals surface area (Å²) in [4.78, 5) is 0. The molecule has 2 aliphatic carbocycles. The Bertz CT molecular complexity index is 159. The van der Waals surface area contributed by atoms with Gasteiger partial charge in [-0.1, -0.05) is 13.3 Å². The van der Waals surface area contributed by atoms with Crippen LogP contribution in [0.25, 0.3) is 0 Å². The Labute approximate surface area is 87.0 Å². The van der Waals surface area contributed by atoms with Crippen LogP contribution in [0.2, 0.25) is 0 Å². The topological polar surface area (TPSA) is 0 Å². The van der Waals surface area contributed by atoms with E-state index in [0.29, 0.717) is 5.38 Å². The first-order chi connectivity index (χ1) is 6.25. The molecule has 0 radical (unpaired) electrons. The highest BCUT2D eigenvalue weighted by Gasteiger charge is 2.31. The van der Waals surface area contributed by atoms with Crippen molar-refractivity contribution in [3.63, 3.8) is 0 Å². The lowest BCUT2D eigenvalue weighted by Crippen LogP contribution is -2.20. The molecule has 2 saturated carbocycles. The minimum Gasteiger partial charge on any atom is -0.123 e. The van der Waals surface area contributed by atoms with Gasteiger partial charge in [-0.15, -0.1) is 11.6 Å². The first-order valence-corrected chi connectivity index (χ1v) is 6.33. The molecular formula is C12H21Cl. The van der Waals surface area contributed by atoms with Crippen molar-refractivity contribution in [3.8, 4) is 0 Å². The van der Waals surface area contributed by atoms with Gasteiger partial charge in [0, 0.05) is 5.38 Å². The molecule has 0 nitrogen and oxygen atoms in total. The van der Waals surface area contributed by atoms with E-state index in [4.69, 9.17) is 11.6 Å². The largest absolute Gasteiger partial charge is 0.123 e. The average molecular weight is 201 g/mol. The van der Waals surface area contributed by atoms with E-state index in [0.717, 1.165) is 17.8 Å². The lowest BCUT2D eigenvalue weighted by Gasteiger charge is -2.29. The van der Waals surface area contributed by atoms with Crippen LogP contribution in [0.1, 0.15) is 51.9 Å². The van der Waals surface area contributed by atoms with Crippen molar-refractivity contribution >= 4 is 11.6 Å². The highest BCUT2D eigenvalue weighted by atomic mass is 35.5. The third kappa shape index (κ3) is 2.40. The van der Waals surface area contributed by atoms with Crippen LogP contribution in [-0.2, 0) is 0 Å². The third-order valence-electron chi connectivity index (χ3n) is 4.10. The van der Waals surface area contributed by atoms with Gasteiger partial charge in [0.2, 0.25) is 0 Å². The Morgan fingerprint density at radius 2 is 1.46 bits per heavy atom. The molecule has 76 valence electrons. The predicted octanol–water partition coefficient (Wildman–Crippen LogP) is 4.22.